The Morgan fingerprint density at radius 3 is 2.85 bits per heavy atom. The summed E-state index contributed by atoms with van der Waals surface area (Å²) in [5.74, 6) is 2.37. The van der Waals surface area contributed by atoms with E-state index in [1.807, 2.05) is 17.6 Å². The van der Waals surface area contributed by atoms with E-state index in [9.17, 15) is 9.59 Å². The van der Waals surface area contributed by atoms with Crippen molar-refractivity contribution in [3.63, 3.8) is 0 Å². The lowest BCUT2D eigenvalue weighted by Gasteiger charge is -2.25. The first-order valence-corrected chi connectivity index (χ1v) is 13.0. The summed E-state index contributed by atoms with van der Waals surface area (Å²) < 4.78 is 2.05. The first kappa shape index (κ1) is 21.5. The van der Waals surface area contributed by atoms with E-state index < -0.39 is 0 Å². The molecule has 10 heteroatoms. The molecule has 3 heterocycles. The van der Waals surface area contributed by atoms with Gasteiger partial charge in [0.1, 0.15) is 11.3 Å². The third kappa shape index (κ3) is 4.38. The molecule has 1 amide bonds. The minimum Gasteiger partial charge on any atom is -0.317 e. The van der Waals surface area contributed by atoms with E-state index in [0.717, 1.165) is 60.3 Å². The van der Waals surface area contributed by atoms with Crippen molar-refractivity contribution in [1.29, 1.82) is 0 Å². The van der Waals surface area contributed by atoms with Crippen LogP contribution in [0.2, 0.25) is 0 Å². The molecule has 0 saturated heterocycles. The summed E-state index contributed by atoms with van der Waals surface area (Å²) in [5, 5.41) is 22.7. The number of carbonyl (C=O) groups excluding carboxylic acids is 2. The van der Waals surface area contributed by atoms with Crippen molar-refractivity contribution in [3.8, 4) is 0 Å². The number of nitrogens with zero attached hydrogens (tertiary/aromatic N) is 4. The van der Waals surface area contributed by atoms with E-state index in [4.69, 9.17) is 0 Å². The van der Waals surface area contributed by atoms with Gasteiger partial charge < -0.3 is 10.6 Å². The zero-order valence-corrected chi connectivity index (χ0v) is 20.1. The highest BCUT2D eigenvalue weighted by atomic mass is 32.1. The second kappa shape index (κ2) is 8.65. The number of hydrogen-bond acceptors (Lipinski definition) is 7. The van der Waals surface area contributed by atoms with Gasteiger partial charge in [-0.15, -0.1) is 21.5 Å². The third-order valence-electron chi connectivity index (χ3n) is 7.09. The molecule has 34 heavy (non-hydrogen) atoms. The summed E-state index contributed by atoms with van der Waals surface area (Å²) in [7, 11) is 0. The maximum atomic E-state index is 13.4. The van der Waals surface area contributed by atoms with Crippen LogP contribution in [0.1, 0.15) is 78.9 Å². The van der Waals surface area contributed by atoms with Gasteiger partial charge in [-0.05, 0) is 56.9 Å². The van der Waals surface area contributed by atoms with Crippen LogP contribution in [-0.2, 0) is 17.6 Å². The quantitative estimate of drug-likeness (QED) is 0.378. The Kier molecular flexibility index (Phi) is 5.47. The number of amides is 1. The largest absolute Gasteiger partial charge is 0.317 e. The van der Waals surface area contributed by atoms with Crippen LogP contribution in [0.15, 0.2) is 12.4 Å². The smallest absolute Gasteiger partial charge is 0.230 e. The van der Waals surface area contributed by atoms with E-state index in [-0.39, 0.29) is 25.1 Å². The van der Waals surface area contributed by atoms with Crippen LogP contribution in [0.4, 0.5) is 16.8 Å². The van der Waals surface area contributed by atoms with Gasteiger partial charge in [0.25, 0.3) is 0 Å². The highest BCUT2D eigenvalue weighted by Gasteiger charge is 2.35. The Morgan fingerprint density at radius 1 is 1.26 bits per heavy atom. The number of anilines is 3. The van der Waals surface area contributed by atoms with Gasteiger partial charge in [-0.3, -0.25) is 19.3 Å². The van der Waals surface area contributed by atoms with Crippen molar-refractivity contribution in [1.82, 2.24) is 25.0 Å². The van der Waals surface area contributed by atoms with Crippen LogP contribution < -0.4 is 10.6 Å². The molecule has 180 valence electrons. The molecule has 0 bridgehead atoms. The Labute approximate surface area is 203 Å². The number of fused-ring (bicyclic) bond motifs is 1. The van der Waals surface area contributed by atoms with Crippen LogP contribution >= 0.6 is 11.3 Å². The Bertz CT molecular complexity index is 1240. The molecule has 1 atom stereocenters. The van der Waals surface area contributed by atoms with Gasteiger partial charge in [0.2, 0.25) is 11.9 Å². The second-order valence-corrected chi connectivity index (χ2v) is 11.0. The number of hydrogen-bond donors (Lipinski definition) is 3. The number of nitrogens with one attached hydrogen (secondary N) is 3. The maximum absolute atomic E-state index is 13.4. The second-order valence-electron chi connectivity index (χ2n) is 9.90. The predicted molar refractivity (Wildman–Crippen MR) is 132 cm³/mol. The molecular weight excluding hydrogens is 450 g/mol. The van der Waals surface area contributed by atoms with Crippen molar-refractivity contribution < 1.29 is 11.0 Å². The molecular formula is C24H31N7O2S. The Morgan fingerprint density at radius 2 is 2.12 bits per heavy atom. The lowest BCUT2D eigenvalue weighted by atomic mass is 9.89. The molecule has 3 N–H and O–H groups in total. The van der Waals surface area contributed by atoms with E-state index in [1.54, 1.807) is 17.7 Å². The number of aromatic nitrogens is 5. The monoisotopic (exact) mass is 481 g/mol. The minimum absolute atomic E-state index is 0. The number of aromatic amines is 1. The number of H-pyrrole nitrogens is 1. The minimum atomic E-state index is 0. The van der Waals surface area contributed by atoms with Gasteiger partial charge in [-0.25, -0.2) is 0 Å². The summed E-state index contributed by atoms with van der Waals surface area (Å²) in [6.45, 7) is 1.95. The highest BCUT2D eigenvalue weighted by molar-refractivity contribution is 7.17. The zero-order valence-electron chi connectivity index (χ0n) is 19.3. The molecule has 0 radical (unpaired) electrons. The van der Waals surface area contributed by atoms with Crippen LogP contribution in [0, 0.1) is 18.8 Å². The standard InChI is InChI=1S/C24H29N7O2S.H2/c1-13-10-20(29-28-13)26-24-30-25-12-31(24)16-7-9-19-17(11-16)21(18(32)8-4-14-2-3-14)23(34-19)27-22(33)15-5-6-15;/h10,12,14-16H,2-9,11H2,1H3,(H,27,33)(H2,26,28,29,30);1H/t16-;/m0./s1. The first-order valence-electron chi connectivity index (χ1n) is 12.2. The van der Waals surface area contributed by atoms with E-state index >= 15 is 0 Å². The van der Waals surface area contributed by atoms with Gasteiger partial charge in [-0.1, -0.05) is 12.8 Å². The first-order chi connectivity index (χ1) is 16.5. The van der Waals surface area contributed by atoms with Crippen LogP contribution in [0.3, 0.4) is 0 Å². The van der Waals surface area contributed by atoms with Gasteiger partial charge in [0.15, 0.2) is 11.6 Å². The van der Waals surface area contributed by atoms with Crippen LogP contribution in [0.5, 0.6) is 0 Å². The number of rotatable bonds is 9. The van der Waals surface area contributed by atoms with Gasteiger partial charge in [0.05, 0.1) is 5.56 Å². The summed E-state index contributed by atoms with van der Waals surface area (Å²) >= 11 is 1.60. The van der Waals surface area contributed by atoms with E-state index in [2.05, 4.69) is 31.0 Å². The Balaban J connectivity index is 0.00000253. The average molecular weight is 482 g/mol. The summed E-state index contributed by atoms with van der Waals surface area (Å²) in [6, 6.07) is 2.05. The fraction of sp³-hybridized carbons (Fsp3) is 0.542. The molecule has 3 aromatic rings. The van der Waals surface area contributed by atoms with Crippen molar-refractivity contribution >= 4 is 39.8 Å². The van der Waals surface area contributed by atoms with Crippen LogP contribution in [-0.4, -0.2) is 36.7 Å². The molecule has 0 aliphatic heterocycles. The molecule has 9 nitrogen and oxygen atoms in total. The highest BCUT2D eigenvalue weighted by Crippen LogP contribution is 2.44. The predicted octanol–water partition coefficient (Wildman–Crippen LogP) is 4.81. The van der Waals surface area contributed by atoms with Gasteiger partial charge >= 0.3 is 0 Å². The molecule has 3 aromatic heterocycles. The maximum Gasteiger partial charge on any atom is 0.230 e. The number of carbonyl (C=O) groups is 2. The number of thiophene rings is 1. The number of ketones is 1. The summed E-state index contributed by atoms with van der Waals surface area (Å²) in [4.78, 5) is 27.2. The normalized spacial score (nSPS) is 19.6. The van der Waals surface area contributed by atoms with Crippen molar-refractivity contribution in [2.75, 3.05) is 10.6 Å². The molecule has 0 unspecified atom stereocenters. The third-order valence-corrected chi connectivity index (χ3v) is 8.29. The topological polar surface area (TPSA) is 118 Å². The molecule has 2 saturated carbocycles. The van der Waals surface area contributed by atoms with Crippen molar-refractivity contribution in [2.45, 2.75) is 70.8 Å². The molecule has 3 aliphatic carbocycles. The average Bonchev–Trinajstić information content (AvgIpc) is 3.73. The summed E-state index contributed by atoms with van der Waals surface area (Å²) in [5.41, 5.74) is 2.82. The molecule has 3 aliphatic rings. The van der Waals surface area contributed by atoms with Crippen LogP contribution in [0.25, 0.3) is 0 Å². The Hall–Kier alpha value is -3.01. The summed E-state index contributed by atoms with van der Waals surface area (Å²) in [6.07, 6.45) is 10.1. The lowest BCUT2D eigenvalue weighted by Crippen LogP contribution is -2.20. The molecule has 2 fully saturated rings. The zero-order chi connectivity index (χ0) is 23.2. The number of aryl methyl sites for hydroxylation is 2. The molecule has 0 aromatic carbocycles. The van der Waals surface area contributed by atoms with E-state index in [1.165, 1.54) is 17.7 Å². The van der Waals surface area contributed by atoms with Gasteiger partial charge in [0, 0.05) is 36.4 Å². The molecule has 6 rings (SSSR count). The van der Waals surface area contributed by atoms with E-state index in [0.29, 0.717) is 24.1 Å². The lowest BCUT2D eigenvalue weighted by molar-refractivity contribution is -0.117. The van der Waals surface area contributed by atoms with Crippen molar-refractivity contribution in [2.24, 2.45) is 11.8 Å². The number of Topliss-reactive ketones (excluding diaryl/α,β-unsaturated/α-hetero) is 1. The van der Waals surface area contributed by atoms with Crippen molar-refractivity contribution in [3.05, 3.63) is 34.1 Å². The molecule has 0 spiro atoms. The van der Waals surface area contributed by atoms with Gasteiger partial charge in [-0.2, -0.15) is 5.10 Å². The SMILES string of the molecule is Cc1cc(Nc2nncn2[C@H]2CCc3sc(NC(=O)C4CC4)c(C(=O)CCC4CC4)c3C2)n[nH]1.[HH]. The fourth-order valence-electron chi connectivity index (χ4n) is 4.81. The fourth-order valence-corrected chi connectivity index (χ4v) is 6.07.